The number of aryl methyl sites for hydroxylation is 1. The highest BCUT2D eigenvalue weighted by molar-refractivity contribution is 7.22. The van der Waals surface area contributed by atoms with E-state index in [-0.39, 0.29) is 12.0 Å². The van der Waals surface area contributed by atoms with E-state index in [4.69, 9.17) is 16.3 Å². The summed E-state index contributed by atoms with van der Waals surface area (Å²) in [6.07, 6.45) is 5.98. The van der Waals surface area contributed by atoms with Crippen molar-refractivity contribution in [1.82, 2.24) is 19.9 Å². The van der Waals surface area contributed by atoms with Crippen LogP contribution in [-0.4, -0.2) is 57.3 Å². The number of carbonyl (C=O) groups is 1. The zero-order valence-corrected chi connectivity index (χ0v) is 20.7. The summed E-state index contributed by atoms with van der Waals surface area (Å²) in [5.41, 5.74) is 3.09. The van der Waals surface area contributed by atoms with Crippen molar-refractivity contribution in [3.63, 3.8) is 0 Å². The number of hydrogen-bond acceptors (Lipinski definition) is 9. The van der Waals surface area contributed by atoms with Gasteiger partial charge >= 0.3 is 0 Å². The van der Waals surface area contributed by atoms with Crippen LogP contribution in [0.15, 0.2) is 36.8 Å². The first-order chi connectivity index (χ1) is 16.9. The molecule has 0 aromatic carbocycles. The monoisotopic (exact) mass is 510 g/mol. The number of anilines is 2. The van der Waals surface area contributed by atoms with Crippen LogP contribution in [-0.2, 0) is 0 Å². The highest BCUT2D eigenvalue weighted by Crippen LogP contribution is 2.35. The van der Waals surface area contributed by atoms with Crippen LogP contribution in [0, 0.1) is 6.92 Å². The SMILES string of the molecule is COc1cnc(Cl)cc1-c1cc(C)ncc1C(=O)Nc1nc2cnc(N3CCC(O)CC3)cc2s1. The average molecular weight is 511 g/mol. The van der Waals surface area contributed by atoms with Crippen LogP contribution >= 0.6 is 22.9 Å². The first-order valence-corrected chi connectivity index (χ1v) is 12.3. The molecule has 0 bridgehead atoms. The number of aliphatic hydroxyl groups is 1. The Balaban J connectivity index is 1.43. The number of halogens is 1. The van der Waals surface area contributed by atoms with Gasteiger partial charge in [-0.05, 0) is 31.9 Å². The molecule has 1 fully saturated rings. The summed E-state index contributed by atoms with van der Waals surface area (Å²) in [4.78, 5) is 32.9. The van der Waals surface area contributed by atoms with Crippen LogP contribution in [0.3, 0.4) is 0 Å². The Morgan fingerprint density at radius 2 is 1.94 bits per heavy atom. The maximum Gasteiger partial charge on any atom is 0.259 e. The molecule has 5 heterocycles. The predicted molar refractivity (Wildman–Crippen MR) is 137 cm³/mol. The summed E-state index contributed by atoms with van der Waals surface area (Å²) in [6.45, 7) is 3.36. The number of hydrogen-bond donors (Lipinski definition) is 2. The Bertz CT molecular complexity index is 1400. The average Bonchev–Trinajstić information content (AvgIpc) is 3.25. The van der Waals surface area contributed by atoms with E-state index in [0.29, 0.717) is 38.2 Å². The van der Waals surface area contributed by atoms with Crippen molar-refractivity contribution in [1.29, 1.82) is 0 Å². The number of carbonyl (C=O) groups excluding carboxylic acids is 1. The third kappa shape index (κ3) is 4.90. The number of aliphatic hydroxyl groups excluding tert-OH is 1. The summed E-state index contributed by atoms with van der Waals surface area (Å²) in [5, 5.41) is 13.4. The minimum atomic E-state index is -0.347. The molecule has 1 aliphatic heterocycles. The third-order valence-corrected chi connectivity index (χ3v) is 7.04. The molecule has 0 spiro atoms. The van der Waals surface area contributed by atoms with Gasteiger partial charge in [-0.2, -0.15) is 0 Å². The molecule has 0 atom stereocenters. The molecule has 4 aromatic rings. The zero-order valence-electron chi connectivity index (χ0n) is 19.2. The summed E-state index contributed by atoms with van der Waals surface area (Å²) in [7, 11) is 1.54. The Labute approximate surface area is 210 Å². The zero-order chi connectivity index (χ0) is 24.5. The maximum absolute atomic E-state index is 13.3. The topological polar surface area (TPSA) is 113 Å². The van der Waals surface area contributed by atoms with Crippen LogP contribution in [0.25, 0.3) is 21.3 Å². The fourth-order valence-electron chi connectivity index (χ4n) is 4.06. The van der Waals surface area contributed by atoms with Crippen molar-refractivity contribution >= 4 is 50.0 Å². The molecular formula is C24H23ClN6O3S. The van der Waals surface area contributed by atoms with Crippen molar-refractivity contribution in [3.8, 4) is 16.9 Å². The molecular weight excluding hydrogens is 488 g/mol. The fraction of sp³-hybridized carbons (Fsp3) is 0.292. The van der Waals surface area contributed by atoms with E-state index in [0.717, 1.165) is 42.1 Å². The van der Waals surface area contributed by atoms with Crippen molar-refractivity contribution in [2.45, 2.75) is 25.9 Å². The predicted octanol–water partition coefficient (Wildman–Crippen LogP) is 4.33. The number of piperidine rings is 1. The Morgan fingerprint density at radius 3 is 2.71 bits per heavy atom. The number of pyridine rings is 3. The molecule has 5 rings (SSSR count). The Hall–Kier alpha value is -3.34. The molecule has 9 nitrogen and oxygen atoms in total. The van der Waals surface area contributed by atoms with E-state index in [1.165, 1.54) is 30.8 Å². The second-order valence-electron chi connectivity index (χ2n) is 8.28. The van der Waals surface area contributed by atoms with Crippen molar-refractivity contribution in [3.05, 3.63) is 53.2 Å². The smallest absolute Gasteiger partial charge is 0.259 e. The molecule has 0 saturated carbocycles. The largest absolute Gasteiger partial charge is 0.494 e. The molecule has 0 radical (unpaired) electrons. The van der Waals surface area contributed by atoms with E-state index in [2.05, 4.69) is 30.2 Å². The fourth-order valence-corrected chi connectivity index (χ4v) is 5.08. The van der Waals surface area contributed by atoms with Gasteiger partial charge in [-0.25, -0.2) is 15.0 Å². The van der Waals surface area contributed by atoms with Gasteiger partial charge in [0, 0.05) is 42.2 Å². The number of ether oxygens (including phenoxy) is 1. The number of nitrogens with zero attached hydrogens (tertiary/aromatic N) is 5. The van der Waals surface area contributed by atoms with Gasteiger partial charge in [0.05, 0.1) is 35.9 Å². The van der Waals surface area contributed by atoms with Crippen molar-refractivity contribution in [2.75, 3.05) is 30.4 Å². The molecule has 1 aliphatic rings. The van der Waals surface area contributed by atoms with Crippen LogP contribution < -0.4 is 15.0 Å². The number of nitrogens with one attached hydrogen (secondary N) is 1. The highest BCUT2D eigenvalue weighted by Gasteiger charge is 2.21. The Morgan fingerprint density at radius 1 is 1.14 bits per heavy atom. The summed E-state index contributed by atoms with van der Waals surface area (Å²) in [6, 6.07) is 5.45. The van der Waals surface area contributed by atoms with E-state index in [9.17, 15) is 9.90 Å². The van der Waals surface area contributed by atoms with Gasteiger partial charge in [0.25, 0.3) is 5.91 Å². The molecule has 35 heavy (non-hydrogen) atoms. The van der Waals surface area contributed by atoms with Crippen molar-refractivity contribution in [2.24, 2.45) is 0 Å². The van der Waals surface area contributed by atoms with Gasteiger partial charge in [0.2, 0.25) is 0 Å². The lowest BCUT2D eigenvalue weighted by Gasteiger charge is -2.30. The standard InChI is InChI=1S/C24H23ClN6O3S/c1-13-7-15(16-8-21(25)27-12-19(16)34-2)17(10-26-13)23(33)30-24-29-18-11-28-22(9-20(18)35-24)31-5-3-14(32)4-6-31/h7-12,14,32H,3-6H2,1-2H3,(H,29,30,33). The van der Waals surface area contributed by atoms with E-state index in [1.807, 2.05) is 19.1 Å². The molecule has 180 valence electrons. The van der Waals surface area contributed by atoms with Crippen LogP contribution in [0.2, 0.25) is 5.15 Å². The van der Waals surface area contributed by atoms with Crippen LogP contribution in [0.1, 0.15) is 28.9 Å². The molecule has 11 heteroatoms. The summed E-state index contributed by atoms with van der Waals surface area (Å²) in [5.74, 6) is 0.996. The number of aromatic nitrogens is 4. The number of methoxy groups -OCH3 is 1. The second kappa shape index (κ2) is 9.73. The summed E-state index contributed by atoms with van der Waals surface area (Å²) < 4.78 is 6.36. The van der Waals surface area contributed by atoms with E-state index in [1.54, 1.807) is 12.3 Å². The van der Waals surface area contributed by atoms with Gasteiger partial charge in [0.1, 0.15) is 22.2 Å². The van der Waals surface area contributed by atoms with Gasteiger partial charge < -0.3 is 14.7 Å². The quantitative estimate of drug-likeness (QED) is 0.381. The number of rotatable bonds is 5. The molecule has 0 unspecified atom stereocenters. The molecule has 1 saturated heterocycles. The van der Waals surface area contributed by atoms with Crippen LogP contribution in [0.4, 0.5) is 10.9 Å². The van der Waals surface area contributed by atoms with E-state index < -0.39 is 0 Å². The number of amides is 1. The molecule has 2 N–H and O–H groups in total. The maximum atomic E-state index is 13.3. The summed E-state index contributed by atoms with van der Waals surface area (Å²) >= 11 is 7.51. The van der Waals surface area contributed by atoms with Gasteiger partial charge in [0.15, 0.2) is 5.13 Å². The van der Waals surface area contributed by atoms with Gasteiger partial charge in [-0.15, -0.1) is 0 Å². The third-order valence-electron chi connectivity index (χ3n) is 5.90. The first kappa shape index (κ1) is 23.4. The molecule has 1 amide bonds. The first-order valence-electron chi connectivity index (χ1n) is 11.1. The van der Waals surface area contributed by atoms with Gasteiger partial charge in [-0.1, -0.05) is 22.9 Å². The molecule has 4 aromatic heterocycles. The highest BCUT2D eigenvalue weighted by atomic mass is 35.5. The number of thiazole rings is 1. The Kier molecular flexibility index (Phi) is 6.50. The minimum Gasteiger partial charge on any atom is -0.494 e. The van der Waals surface area contributed by atoms with Crippen molar-refractivity contribution < 1.29 is 14.6 Å². The minimum absolute atomic E-state index is 0.246. The lowest BCUT2D eigenvalue weighted by Crippen LogP contribution is -2.36. The van der Waals surface area contributed by atoms with Gasteiger partial charge in [-0.3, -0.25) is 15.1 Å². The lowest BCUT2D eigenvalue weighted by molar-refractivity contribution is 0.102. The van der Waals surface area contributed by atoms with Crippen LogP contribution in [0.5, 0.6) is 5.75 Å². The second-order valence-corrected chi connectivity index (χ2v) is 9.70. The molecule has 0 aliphatic carbocycles. The number of fused-ring (bicyclic) bond motifs is 1. The van der Waals surface area contributed by atoms with E-state index >= 15 is 0 Å². The normalized spacial score (nSPS) is 14.3. The lowest BCUT2D eigenvalue weighted by atomic mass is 10.0.